The second kappa shape index (κ2) is 8.25. The first kappa shape index (κ1) is 15.3. The van der Waals surface area contributed by atoms with Crippen molar-refractivity contribution in [3.8, 4) is 5.75 Å². The molecule has 20 heavy (non-hydrogen) atoms. The number of fused-ring (bicyclic) bond motifs is 1. The van der Waals surface area contributed by atoms with Crippen molar-refractivity contribution in [2.24, 2.45) is 0 Å². The van der Waals surface area contributed by atoms with Crippen LogP contribution in [0.4, 0.5) is 0 Å². The minimum absolute atomic E-state index is 0.315. The molecule has 1 atom stereocenters. The fraction of sp³-hybridized carbons (Fsp3) is 0.625. The summed E-state index contributed by atoms with van der Waals surface area (Å²) >= 11 is 0. The van der Waals surface area contributed by atoms with Gasteiger partial charge in [0.2, 0.25) is 0 Å². The smallest absolute Gasteiger partial charge is 0.123 e. The van der Waals surface area contributed by atoms with E-state index in [1.807, 2.05) is 0 Å². The quantitative estimate of drug-likeness (QED) is 0.700. The van der Waals surface area contributed by atoms with Crippen LogP contribution in [0.1, 0.15) is 18.1 Å². The molecule has 0 saturated heterocycles. The first-order valence-electron chi connectivity index (χ1n) is 7.35. The summed E-state index contributed by atoms with van der Waals surface area (Å²) < 4.78 is 16.3. The van der Waals surface area contributed by atoms with E-state index >= 15 is 0 Å². The number of methoxy groups -OCH3 is 1. The molecule has 0 spiro atoms. The fourth-order valence-electron chi connectivity index (χ4n) is 2.37. The van der Waals surface area contributed by atoms with Gasteiger partial charge in [-0.1, -0.05) is 12.1 Å². The van der Waals surface area contributed by atoms with Crippen LogP contribution in [0.5, 0.6) is 5.75 Å². The fourth-order valence-corrected chi connectivity index (χ4v) is 2.37. The Morgan fingerprint density at radius 2 is 2.10 bits per heavy atom. The maximum absolute atomic E-state index is 5.70. The van der Waals surface area contributed by atoms with Gasteiger partial charge in [-0.25, -0.2) is 0 Å². The van der Waals surface area contributed by atoms with E-state index in [2.05, 4.69) is 30.4 Å². The van der Waals surface area contributed by atoms with E-state index in [0.29, 0.717) is 6.10 Å². The molecule has 112 valence electrons. The SMILES string of the molecule is COCCNCCOCCc1ccc2c(c1)CC(C)O2. The van der Waals surface area contributed by atoms with Crippen molar-refractivity contribution in [3.63, 3.8) is 0 Å². The Bertz CT molecular complexity index is 409. The molecule has 1 aliphatic heterocycles. The maximum atomic E-state index is 5.70. The Balaban J connectivity index is 1.59. The Kier molecular flexibility index (Phi) is 6.30. The summed E-state index contributed by atoms with van der Waals surface area (Å²) in [5.41, 5.74) is 2.66. The lowest BCUT2D eigenvalue weighted by Gasteiger charge is -2.07. The summed E-state index contributed by atoms with van der Waals surface area (Å²) in [6, 6.07) is 6.47. The zero-order valence-corrected chi connectivity index (χ0v) is 12.5. The van der Waals surface area contributed by atoms with Crippen LogP contribution in [-0.2, 0) is 22.3 Å². The van der Waals surface area contributed by atoms with Gasteiger partial charge in [0.05, 0.1) is 19.8 Å². The minimum atomic E-state index is 0.315. The van der Waals surface area contributed by atoms with Gasteiger partial charge in [-0.2, -0.15) is 0 Å². The lowest BCUT2D eigenvalue weighted by atomic mass is 10.1. The molecule has 0 amide bonds. The second-order valence-electron chi connectivity index (χ2n) is 5.18. The van der Waals surface area contributed by atoms with Gasteiger partial charge in [0, 0.05) is 26.6 Å². The minimum Gasteiger partial charge on any atom is -0.490 e. The predicted octanol–water partition coefficient (Wildman–Crippen LogP) is 1.81. The van der Waals surface area contributed by atoms with Gasteiger partial charge in [-0.05, 0) is 30.5 Å². The van der Waals surface area contributed by atoms with E-state index in [0.717, 1.165) is 51.5 Å². The number of ether oxygens (including phenoxy) is 3. The summed E-state index contributed by atoms with van der Waals surface area (Å²) in [6.45, 7) is 6.12. The molecular formula is C16H25NO3. The molecule has 0 aromatic heterocycles. The van der Waals surface area contributed by atoms with Crippen molar-refractivity contribution < 1.29 is 14.2 Å². The first-order chi connectivity index (χ1) is 9.79. The number of nitrogens with one attached hydrogen (secondary N) is 1. The highest BCUT2D eigenvalue weighted by atomic mass is 16.5. The van der Waals surface area contributed by atoms with Crippen molar-refractivity contribution in [1.82, 2.24) is 5.32 Å². The van der Waals surface area contributed by atoms with Crippen LogP contribution < -0.4 is 10.1 Å². The Hall–Kier alpha value is -1.10. The lowest BCUT2D eigenvalue weighted by molar-refractivity contribution is 0.135. The molecule has 4 heteroatoms. The third-order valence-corrected chi connectivity index (χ3v) is 3.40. The highest BCUT2D eigenvalue weighted by molar-refractivity contribution is 5.40. The van der Waals surface area contributed by atoms with E-state index in [1.54, 1.807) is 7.11 Å². The highest BCUT2D eigenvalue weighted by Crippen LogP contribution is 2.29. The molecule has 1 N–H and O–H groups in total. The molecule has 1 unspecified atom stereocenters. The molecule has 1 aliphatic rings. The van der Waals surface area contributed by atoms with E-state index in [4.69, 9.17) is 14.2 Å². The predicted molar refractivity (Wildman–Crippen MR) is 79.5 cm³/mol. The van der Waals surface area contributed by atoms with Crippen molar-refractivity contribution in [3.05, 3.63) is 29.3 Å². The summed E-state index contributed by atoms with van der Waals surface area (Å²) in [6.07, 6.45) is 2.29. The van der Waals surface area contributed by atoms with Crippen LogP contribution in [0.25, 0.3) is 0 Å². The zero-order chi connectivity index (χ0) is 14.2. The molecule has 0 bridgehead atoms. The lowest BCUT2D eigenvalue weighted by Crippen LogP contribution is -2.23. The molecule has 1 aromatic carbocycles. The third kappa shape index (κ3) is 4.78. The molecule has 2 rings (SSSR count). The van der Waals surface area contributed by atoms with Crippen LogP contribution in [0.3, 0.4) is 0 Å². The van der Waals surface area contributed by atoms with Gasteiger partial charge < -0.3 is 19.5 Å². The van der Waals surface area contributed by atoms with Crippen LogP contribution >= 0.6 is 0 Å². The van der Waals surface area contributed by atoms with Gasteiger partial charge in [0.25, 0.3) is 0 Å². The molecule has 0 radical (unpaired) electrons. The van der Waals surface area contributed by atoms with Crippen LogP contribution in [0.15, 0.2) is 18.2 Å². The third-order valence-electron chi connectivity index (χ3n) is 3.40. The number of benzene rings is 1. The van der Waals surface area contributed by atoms with Gasteiger partial charge in [-0.15, -0.1) is 0 Å². The highest BCUT2D eigenvalue weighted by Gasteiger charge is 2.18. The molecule has 0 fully saturated rings. The van der Waals surface area contributed by atoms with E-state index in [9.17, 15) is 0 Å². The van der Waals surface area contributed by atoms with Crippen LogP contribution in [0, 0.1) is 0 Å². The van der Waals surface area contributed by atoms with E-state index < -0.39 is 0 Å². The Morgan fingerprint density at radius 1 is 1.25 bits per heavy atom. The van der Waals surface area contributed by atoms with Gasteiger partial charge in [0.1, 0.15) is 11.9 Å². The molecule has 1 aromatic rings. The largest absolute Gasteiger partial charge is 0.490 e. The molecule has 0 saturated carbocycles. The zero-order valence-electron chi connectivity index (χ0n) is 12.5. The molecule has 1 heterocycles. The molecule has 4 nitrogen and oxygen atoms in total. The van der Waals surface area contributed by atoms with Crippen molar-refractivity contribution in [1.29, 1.82) is 0 Å². The van der Waals surface area contributed by atoms with Crippen molar-refractivity contribution in [2.45, 2.75) is 25.9 Å². The van der Waals surface area contributed by atoms with Gasteiger partial charge >= 0.3 is 0 Å². The summed E-state index contributed by atoms with van der Waals surface area (Å²) in [5.74, 6) is 1.05. The van der Waals surface area contributed by atoms with Crippen LogP contribution in [-0.4, -0.2) is 46.1 Å². The maximum Gasteiger partial charge on any atom is 0.123 e. The summed E-state index contributed by atoms with van der Waals surface area (Å²) in [4.78, 5) is 0. The average molecular weight is 279 g/mol. The topological polar surface area (TPSA) is 39.7 Å². The Labute approximate surface area is 121 Å². The number of rotatable bonds is 9. The van der Waals surface area contributed by atoms with E-state index in [1.165, 1.54) is 11.1 Å². The number of hydrogen-bond donors (Lipinski definition) is 1. The first-order valence-corrected chi connectivity index (χ1v) is 7.35. The van der Waals surface area contributed by atoms with Gasteiger partial charge in [0.15, 0.2) is 0 Å². The number of hydrogen-bond acceptors (Lipinski definition) is 4. The van der Waals surface area contributed by atoms with Crippen LogP contribution in [0.2, 0.25) is 0 Å². The normalized spacial score (nSPS) is 17.0. The van der Waals surface area contributed by atoms with E-state index in [-0.39, 0.29) is 0 Å². The summed E-state index contributed by atoms with van der Waals surface area (Å²) in [7, 11) is 1.71. The monoisotopic (exact) mass is 279 g/mol. The van der Waals surface area contributed by atoms with Crippen molar-refractivity contribution in [2.75, 3.05) is 40.0 Å². The standard InChI is InChI=1S/C16H25NO3/c1-13-11-15-12-14(3-4-16(15)20-13)5-8-19-10-7-17-6-9-18-2/h3-4,12-13,17H,5-11H2,1-2H3. The average Bonchev–Trinajstić information content (AvgIpc) is 2.81. The second-order valence-corrected chi connectivity index (χ2v) is 5.18. The summed E-state index contributed by atoms with van der Waals surface area (Å²) in [5, 5.41) is 3.26. The van der Waals surface area contributed by atoms with Gasteiger partial charge in [-0.3, -0.25) is 0 Å². The molecule has 0 aliphatic carbocycles. The Morgan fingerprint density at radius 3 is 2.95 bits per heavy atom. The van der Waals surface area contributed by atoms with Crippen molar-refractivity contribution >= 4 is 0 Å². The molecular weight excluding hydrogens is 254 g/mol.